The Morgan fingerprint density at radius 1 is 1.23 bits per heavy atom. The number of ether oxygens (including phenoxy) is 1. The lowest BCUT2D eigenvalue weighted by atomic mass is 9.67. The largest absolute Gasteiger partial charge is 0.497 e. The number of nitrogens with two attached hydrogens (primary N) is 1. The maximum atomic E-state index is 13.3. The van der Waals surface area contributed by atoms with E-state index in [1.807, 2.05) is 0 Å². The second-order valence-corrected chi connectivity index (χ2v) is 8.12. The first-order valence-electron chi connectivity index (χ1n) is 8.62. The number of imide groups is 1. The molecule has 1 spiro atoms. The molecule has 2 atom stereocenters. The zero-order valence-corrected chi connectivity index (χ0v) is 15.2. The molecule has 0 radical (unpaired) electrons. The molecule has 0 bridgehead atoms. The number of fused-ring (bicyclic) bond motifs is 2. The molecular weight excluding hydrogens is 350 g/mol. The average molecular weight is 369 g/mol. The van der Waals surface area contributed by atoms with Crippen molar-refractivity contribution in [3.63, 3.8) is 0 Å². The molecule has 2 unspecified atom stereocenters. The normalized spacial score (nSPS) is 27.0. The Balaban J connectivity index is 1.78. The third-order valence-electron chi connectivity index (χ3n) is 5.78. The van der Waals surface area contributed by atoms with Crippen molar-refractivity contribution in [3.05, 3.63) is 34.9 Å². The number of thioether (sulfide) groups is 1. The number of allylic oxidation sites excluding steroid dienone is 1. The highest BCUT2D eigenvalue weighted by molar-refractivity contribution is 8.04. The minimum atomic E-state index is -0.595. The van der Waals surface area contributed by atoms with E-state index in [0.29, 0.717) is 22.0 Å². The number of nitrogens with zero attached hydrogens (tertiary/aromatic N) is 2. The number of benzene rings is 1. The fourth-order valence-electron chi connectivity index (χ4n) is 4.61. The van der Waals surface area contributed by atoms with Gasteiger partial charge < -0.3 is 10.5 Å². The van der Waals surface area contributed by atoms with Gasteiger partial charge in [0.1, 0.15) is 11.0 Å². The van der Waals surface area contributed by atoms with Gasteiger partial charge in [-0.15, -0.1) is 0 Å². The summed E-state index contributed by atoms with van der Waals surface area (Å²) in [5.41, 5.74) is 6.58. The predicted molar refractivity (Wildman–Crippen MR) is 98.1 cm³/mol. The monoisotopic (exact) mass is 369 g/mol. The Hall–Kier alpha value is -2.46. The van der Waals surface area contributed by atoms with Gasteiger partial charge in [-0.2, -0.15) is 5.26 Å². The van der Waals surface area contributed by atoms with Crippen molar-refractivity contribution in [3.8, 4) is 11.8 Å². The lowest BCUT2D eigenvalue weighted by Gasteiger charge is -2.39. The van der Waals surface area contributed by atoms with E-state index in [-0.39, 0.29) is 11.8 Å². The zero-order chi connectivity index (χ0) is 18.5. The molecule has 7 heteroatoms. The van der Waals surface area contributed by atoms with Crippen LogP contribution >= 0.6 is 11.8 Å². The van der Waals surface area contributed by atoms with Crippen molar-refractivity contribution in [1.29, 1.82) is 5.26 Å². The van der Waals surface area contributed by atoms with Crippen LogP contribution in [0.25, 0.3) is 0 Å². The minimum Gasteiger partial charge on any atom is -0.497 e. The molecule has 134 valence electrons. The SMILES string of the molecule is COc1ccc(N2C(=O)C3SC(N)=C(C#N)C4(CCCC4)C3C2=O)cc1. The van der Waals surface area contributed by atoms with Gasteiger partial charge in [-0.1, -0.05) is 24.6 Å². The van der Waals surface area contributed by atoms with Crippen LogP contribution in [0.1, 0.15) is 25.7 Å². The van der Waals surface area contributed by atoms with Crippen LogP contribution < -0.4 is 15.4 Å². The van der Waals surface area contributed by atoms with Crippen molar-refractivity contribution in [2.24, 2.45) is 17.1 Å². The van der Waals surface area contributed by atoms with Crippen LogP contribution in [-0.4, -0.2) is 24.2 Å². The number of carbonyl (C=O) groups excluding carboxylic acids is 2. The van der Waals surface area contributed by atoms with Gasteiger partial charge in [-0.3, -0.25) is 9.59 Å². The molecule has 3 aliphatic rings. The van der Waals surface area contributed by atoms with Crippen LogP contribution in [0.3, 0.4) is 0 Å². The van der Waals surface area contributed by atoms with E-state index in [2.05, 4.69) is 6.07 Å². The summed E-state index contributed by atoms with van der Waals surface area (Å²) in [5, 5.41) is 9.52. The molecule has 2 heterocycles. The third kappa shape index (κ3) is 2.18. The van der Waals surface area contributed by atoms with Gasteiger partial charge in [0.05, 0.1) is 35.4 Å². The summed E-state index contributed by atoms with van der Waals surface area (Å²) in [6.07, 6.45) is 3.34. The molecule has 4 rings (SSSR count). The van der Waals surface area contributed by atoms with E-state index in [0.717, 1.165) is 25.7 Å². The van der Waals surface area contributed by atoms with Crippen LogP contribution in [0.5, 0.6) is 5.75 Å². The number of methoxy groups -OCH3 is 1. The average Bonchev–Trinajstić information content (AvgIpc) is 3.20. The van der Waals surface area contributed by atoms with Crippen LogP contribution in [-0.2, 0) is 9.59 Å². The van der Waals surface area contributed by atoms with Crippen LogP contribution in [0.4, 0.5) is 5.69 Å². The van der Waals surface area contributed by atoms with E-state index in [1.54, 1.807) is 31.4 Å². The lowest BCUT2D eigenvalue weighted by Crippen LogP contribution is -2.43. The smallest absolute Gasteiger partial charge is 0.248 e. The molecule has 6 nitrogen and oxygen atoms in total. The van der Waals surface area contributed by atoms with Gasteiger partial charge in [0.25, 0.3) is 0 Å². The van der Waals surface area contributed by atoms with Gasteiger partial charge in [-0.25, -0.2) is 4.90 Å². The number of nitriles is 1. The number of rotatable bonds is 2. The first-order valence-corrected chi connectivity index (χ1v) is 9.50. The van der Waals surface area contributed by atoms with E-state index in [4.69, 9.17) is 10.5 Å². The van der Waals surface area contributed by atoms with Crippen molar-refractivity contribution < 1.29 is 14.3 Å². The van der Waals surface area contributed by atoms with Gasteiger partial charge in [0.15, 0.2) is 0 Å². The van der Waals surface area contributed by atoms with Crippen LogP contribution in [0, 0.1) is 22.7 Å². The number of hydrogen-bond donors (Lipinski definition) is 1. The van der Waals surface area contributed by atoms with E-state index < -0.39 is 16.6 Å². The Kier molecular flexibility index (Phi) is 3.96. The van der Waals surface area contributed by atoms with Crippen LogP contribution in [0.2, 0.25) is 0 Å². The summed E-state index contributed by atoms with van der Waals surface area (Å²) in [5.74, 6) is -0.336. The van der Waals surface area contributed by atoms with Crippen molar-refractivity contribution >= 4 is 29.3 Å². The van der Waals surface area contributed by atoms with Gasteiger partial charge in [0, 0.05) is 5.41 Å². The van der Waals surface area contributed by atoms with Gasteiger partial charge >= 0.3 is 0 Å². The summed E-state index contributed by atoms with van der Waals surface area (Å²) >= 11 is 1.17. The number of carbonyl (C=O) groups is 2. The molecule has 26 heavy (non-hydrogen) atoms. The Morgan fingerprint density at radius 2 is 1.88 bits per heavy atom. The Bertz CT molecular complexity index is 850. The highest BCUT2D eigenvalue weighted by Crippen LogP contribution is 2.60. The summed E-state index contributed by atoms with van der Waals surface area (Å²) < 4.78 is 5.15. The van der Waals surface area contributed by atoms with Gasteiger partial charge in [-0.05, 0) is 37.1 Å². The standard InChI is InChI=1S/C19H19N3O3S/c1-25-12-6-4-11(5-7-12)22-17(23)14-15(18(22)24)26-16(21)13(10-20)19(14)8-2-3-9-19/h4-7,14-15H,2-3,8-9,21H2,1H3. The summed E-state index contributed by atoms with van der Waals surface area (Å²) in [6.45, 7) is 0. The highest BCUT2D eigenvalue weighted by Gasteiger charge is 2.62. The first-order chi connectivity index (χ1) is 12.5. The fraction of sp³-hybridized carbons (Fsp3) is 0.421. The molecule has 2 amide bonds. The van der Waals surface area contributed by atoms with E-state index >= 15 is 0 Å². The maximum Gasteiger partial charge on any atom is 0.248 e. The van der Waals surface area contributed by atoms with Crippen LogP contribution in [0.15, 0.2) is 34.9 Å². The molecule has 2 aliphatic heterocycles. The molecular formula is C19H19N3O3S. The summed E-state index contributed by atoms with van der Waals surface area (Å²) in [6, 6.07) is 9.11. The summed E-state index contributed by atoms with van der Waals surface area (Å²) in [7, 11) is 1.56. The minimum absolute atomic E-state index is 0.222. The zero-order valence-electron chi connectivity index (χ0n) is 14.4. The van der Waals surface area contributed by atoms with Gasteiger partial charge in [0.2, 0.25) is 11.8 Å². The second-order valence-electron chi connectivity index (χ2n) is 6.94. The van der Waals surface area contributed by atoms with Crippen molar-refractivity contribution in [1.82, 2.24) is 0 Å². The molecule has 1 saturated heterocycles. The lowest BCUT2D eigenvalue weighted by molar-refractivity contribution is -0.123. The third-order valence-corrected chi connectivity index (χ3v) is 6.97. The Morgan fingerprint density at radius 3 is 2.46 bits per heavy atom. The van der Waals surface area contributed by atoms with E-state index in [9.17, 15) is 14.9 Å². The molecule has 1 aromatic rings. The first kappa shape index (κ1) is 17.0. The molecule has 1 aliphatic carbocycles. The molecule has 2 N–H and O–H groups in total. The van der Waals surface area contributed by atoms with Crippen molar-refractivity contribution in [2.45, 2.75) is 30.9 Å². The molecule has 0 aromatic heterocycles. The fourth-order valence-corrected chi connectivity index (χ4v) is 5.97. The molecule has 2 fully saturated rings. The van der Waals surface area contributed by atoms with E-state index in [1.165, 1.54) is 16.7 Å². The predicted octanol–water partition coefficient (Wildman–Crippen LogP) is 2.55. The maximum absolute atomic E-state index is 13.3. The number of anilines is 1. The molecule has 1 aromatic carbocycles. The quantitative estimate of drug-likeness (QED) is 0.805. The second kappa shape index (κ2) is 6.06. The summed E-state index contributed by atoms with van der Waals surface area (Å²) in [4.78, 5) is 27.7. The number of hydrogen-bond acceptors (Lipinski definition) is 6. The Labute approximate surface area is 156 Å². The topological polar surface area (TPSA) is 96.4 Å². The van der Waals surface area contributed by atoms with Crippen molar-refractivity contribution in [2.75, 3.05) is 12.0 Å². The molecule has 1 saturated carbocycles. The highest BCUT2D eigenvalue weighted by atomic mass is 32.2. The number of amides is 2.